The number of benzene rings is 1. The lowest BCUT2D eigenvalue weighted by Crippen LogP contribution is -2.00. The molecule has 0 amide bonds. The van der Waals surface area contributed by atoms with Crippen molar-refractivity contribution in [2.75, 3.05) is 6.61 Å². The van der Waals surface area contributed by atoms with Crippen molar-refractivity contribution in [3.05, 3.63) is 35.9 Å². The molecule has 0 bridgehead atoms. The van der Waals surface area contributed by atoms with E-state index in [1.54, 1.807) is 6.08 Å². The third kappa shape index (κ3) is 1.60. The largest absolute Gasteiger partial charge is 0.390 e. The second-order valence-corrected chi connectivity index (χ2v) is 2.70. The number of hydrogen-bond donors (Lipinski definition) is 1. The van der Waals surface area contributed by atoms with Crippen LogP contribution in [0.1, 0.15) is 5.56 Å². The molecular formula is C10H9NO2. The summed E-state index contributed by atoms with van der Waals surface area (Å²) in [6, 6.07) is 7.58. The highest BCUT2D eigenvalue weighted by atomic mass is 16.6. The normalized spacial score (nSPS) is 14.1. The zero-order valence-electron chi connectivity index (χ0n) is 6.97. The Bertz CT molecular complexity index is 369. The van der Waals surface area contributed by atoms with E-state index < -0.39 is 0 Å². The Morgan fingerprint density at radius 2 is 2.08 bits per heavy atom. The summed E-state index contributed by atoms with van der Waals surface area (Å²) in [4.78, 5) is 5.12. The molecule has 1 aliphatic rings. The monoisotopic (exact) mass is 175 g/mol. The van der Waals surface area contributed by atoms with E-state index in [1.165, 1.54) is 0 Å². The molecule has 1 N–H and O–H groups in total. The van der Waals surface area contributed by atoms with Gasteiger partial charge in [-0.2, -0.15) is 0 Å². The lowest BCUT2D eigenvalue weighted by molar-refractivity contribution is 0.321. The molecule has 3 heteroatoms. The minimum atomic E-state index is -0.107. The van der Waals surface area contributed by atoms with Gasteiger partial charge >= 0.3 is 0 Å². The molecule has 0 aromatic heterocycles. The van der Waals surface area contributed by atoms with Crippen LogP contribution in [0.15, 0.2) is 35.5 Å². The van der Waals surface area contributed by atoms with Crippen LogP contribution in [0.2, 0.25) is 0 Å². The Morgan fingerprint density at radius 3 is 2.92 bits per heavy atom. The number of fused-ring (bicyclic) bond motifs is 1. The summed E-state index contributed by atoms with van der Waals surface area (Å²) in [6.07, 6.45) is 3.61. The van der Waals surface area contributed by atoms with Crippen molar-refractivity contribution in [3.8, 4) is 5.75 Å². The van der Waals surface area contributed by atoms with Gasteiger partial charge in [0.1, 0.15) is 5.71 Å². The molecule has 0 aliphatic carbocycles. The first-order chi connectivity index (χ1) is 6.40. The molecule has 13 heavy (non-hydrogen) atoms. The highest BCUT2D eigenvalue weighted by Gasteiger charge is 2.04. The first-order valence-corrected chi connectivity index (χ1v) is 4.02. The molecular weight excluding hydrogens is 166 g/mol. The van der Waals surface area contributed by atoms with Gasteiger partial charge in [0, 0.05) is 5.56 Å². The quantitative estimate of drug-likeness (QED) is 0.701. The number of hydrogen-bond acceptors (Lipinski definition) is 3. The first kappa shape index (κ1) is 8.01. The van der Waals surface area contributed by atoms with Crippen LogP contribution in [0.5, 0.6) is 5.75 Å². The van der Waals surface area contributed by atoms with Crippen molar-refractivity contribution in [2.45, 2.75) is 0 Å². The van der Waals surface area contributed by atoms with Crippen molar-refractivity contribution >= 4 is 11.8 Å². The Kier molecular flexibility index (Phi) is 2.10. The highest BCUT2D eigenvalue weighted by Crippen LogP contribution is 2.21. The fraction of sp³-hybridized carbons (Fsp3) is 0.100. The molecule has 3 nitrogen and oxygen atoms in total. The van der Waals surface area contributed by atoms with Crippen molar-refractivity contribution in [2.24, 2.45) is 5.16 Å². The summed E-state index contributed by atoms with van der Waals surface area (Å²) >= 11 is 0. The average molecular weight is 175 g/mol. The topological polar surface area (TPSA) is 41.8 Å². The standard InChI is InChI=1S/C10H9NO2/c12-7-9-6-5-8-3-1-2-4-10(8)13-11-9/h1-6,12H,7H2. The predicted octanol–water partition coefficient (Wildman–Crippen LogP) is 1.44. The van der Waals surface area contributed by atoms with Crippen molar-refractivity contribution in [1.82, 2.24) is 0 Å². The highest BCUT2D eigenvalue weighted by molar-refractivity contribution is 5.99. The molecule has 2 rings (SSSR count). The minimum Gasteiger partial charge on any atom is -0.390 e. The third-order valence-corrected chi connectivity index (χ3v) is 1.80. The minimum absolute atomic E-state index is 0.107. The SMILES string of the molecule is OCC1=NOc2ccccc2C=C1. The number of aliphatic hydroxyl groups is 1. The van der Waals surface area contributed by atoms with E-state index in [4.69, 9.17) is 9.94 Å². The number of oxime groups is 1. The van der Waals surface area contributed by atoms with Crippen molar-refractivity contribution in [3.63, 3.8) is 0 Å². The van der Waals surface area contributed by atoms with Crippen LogP contribution in [0.4, 0.5) is 0 Å². The second-order valence-electron chi connectivity index (χ2n) is 2.70. The molecule has 1 aliphatic heterocycles. The Labute approximate surface area is 76.0 Å². The number of aliphatic hydroxyl groups excluding tert-OH is 1. The fourth-order valence-electron chi connectivity index (χ4n) is 1.11. The van der Waals surface area contributed by atoms with E-state index in [2.05, 4.69) is 5.16 Å². The zero-order valence-corrected chi connectivity index (χ0v) is 6.97. The average Bonchev–Trinajstić information content (AvgIpc) is 2.39. The van der Waals surface area contributed by atoms with Crippen LogP contribution in [-0.4, -0.2) is 17.4 Å². The summed E-state index contributed by atoms with van der Waals surface area (Å²) in [5, 5.41) is 12.6. The second kappa shape index (κ2) is 3.41. The Hall–Kier alpha value is -1.61. The van der Waals surface area contributed by atoms with Gasteiger partial charge in [0.2, 0.25) is 0 Å². The van der Waals surface area contributed by atoms with Crippen LogP contribution in [-0.2, 0) is 0 Å². The van der Waals surface area contributed by atoms with Crippen molar-refractivity contribution < 1.29 is 9.94 Å². The van der Waals surface area contributed by atoms with E-state index in [9.17, 15) is 0 Å². The van der Waals surface area contributed by atoms with E-state index >= 15 is 0 Å². The molecule has 1 heterocycles. The Balaban J connectivity index is 2.39. The van der Waals surface area contributed by atoms with E-state index in [-0.39, 0.29) is 6.61 Å². The molecule has 0 radical (unpaired) electrons. The molecule has 0 unspecified atom stereocenters. The lowest BCUT2D eigenvalue weighted by atomic mass is 10.2. The third-order valence-electron chi connectivity index (χ3n) is 1.80. The van der Waals surface area contributed by atoms with E-state index in [0.717, 1.165) is 5.56 Å². The van der Waals surface area contributed by atoms with Gasteiger partial charge in [-0.1, -0.05) is 23.4 Å². The van der Waals surface area contributed by atoms with Crippen LogP contribution in [0.25, 0.3) is 6.08 Å². The van der Waals surface area contributed by atoms with Crippen LogP contribution < -0.4 is 4.84 Å². The van der Waals surface area contributed by atoms with Crippen molar-refractivity contribution in [1.29, 1.82) is 0 Å². The molecule has 1 aromatic rings. The smallest absolute Gasteiger partial charge is 0.165 e. The van der Waals surface area contributed by atoms with Gasteiger partial charge in [0.25, 0.3) is 0 Å². The first-order valence-electron chi connectivity index (χ1n) is 4.02. The van der Waals surface area contributed by atoms with Gasteiger partial charge in [-0.05, 0) is 18.2 Å². The molecule has 0 fully saturated rings. The maximum Gasteiger partial charge on any atom is 0.165 e. The number of rotatable bonds is 1. The maximum atomic E-state index is 8.83. The van der Waals surface area contributed by atoms with Gasteiger partial charge in [-0.25, -0.2) is 0 Å². The van der Waals surface area contributed by atoms with E-state index in [0.29, 0.717) is 11.5 Å². The summed E-state index contributed by atoms with van der Waals surface area (Å²) in [5.41, 5.74) is 1.49. The van der Waals surface area contributed by atoms with Crippen LogP contribution >= 0.6 is 0 Å². The fourth-order valence-corrected chi connectivity index (χ4v) is 1.11. The molecule has 66 valence electrons. The van der Waals surface area contributed by atoms with Crippen LogP contribution in [0.3, 0.4) is 0 Å². The number of para-hydroxylation sites is 1. The summed E-state index contributed by atoms with van der Waals surface area (Å²) in [6.45, 7) is -0.107. The van der Waals surface area contributed by atoms with E-state index in [1.807, 2.05) is 30.3 Å². The van der Waals surface area contributed by atoms with Gasteiger partial charge < -0.3 is 9.94 Å². The molecule has 0 saturated carbocycles. The van der Waals surface area contributed by atoms with Gasteiger partial charge in [0.05, 0.1) is 6.61 Å². The van der Waals surface area contributed by atoms with Gasteiger partial charge in [-0.15, -0.1) is 0 Å². The maximum absolute atomic E-state index is 8.83. The summed E-state index contributed by atoms with van der Waals surface area (Å²) in [5.74, 6) is 0.710. The zero-order chi connectivity index (χ0) is 9.10. The number of nitrogens with zero attached hydrogens (tertiary/aromatic N) is 1. The van der Waals surface area contributed by atoms with Gasteiger partial charge in [0.15, 0.2) is 5.75 Å². The van der Waals surface area contributed by atoms with Crippen LogP contribution in [0, 0.1) is 0 Å². The summed E-state index contributed by atoms with van der Waals surface area (Å²) < 4.78 is 0. The summed E-state index contributed by atoms with van der Waals surface area (Å²) in [7, 11) is 0. The Morgan fingerprint density at radius 1 is 1.23 bits per heavy atom. The van der Waals surface area contributed by atoms with Gasteiger partial charge in [-0.3, -0.25) is 0 Å². The molecule has 0 atom stereocenters. The predicted molar refractivity (Wildman–Crippen MR) is 50.6 cm³/mol. The molecule has 0 saturated heterocycles. The molecule has 1 aromatic carbocycles. The lowest BCUT2D eigenvalue weighted by Gasteiger charge is -1.99. The molecule has 0 spiro atoms.